The summed E-state index contributed by atoms with van der Waals surface area (Å²) in [5.74, 6) is 0. The third-order valence-corrected chi connectivity index (χ3v) is 0. The van der Waals surface area contributed by atoms with Crippen LogP contribution in [0.25, 0.3) is 0 Å². The summed E-state index contributed by atoms with van der Waals surface area (Å²) < 4.78 is 3.19. The van der Waals surface area contributed by atoms with E-state index >= 15 is 0 Å². The zero-order valence-electron chi connectivity index (χ0n) is 1.61. The van der Waals surface area contributed by atoms with Crippen LogP contribution in [-0.2, 0) is 22.4 Å². The monoisotopic (exact) mass is 167 g/mol. The molecule has 0 amide bonds. The first-order valence-electron chi connectivity index (χ1n) is 0.309. The molecule has 0 bridgehead atoms. The van der Waals surface area contributed by atoms with E-state index in [1.165, 1.54) is 0 Å². The molecular formula is H3AlCl2OV. The molecule has 0 aliphatic rings. The molecular weight excluding hydrogens is 165 g/mol. The molecule has 0 aromatic rings. The first-order chi connectivity index (χ1) is 1.41. The third kappa shape index (κ3) is 27.6. The van der Waals surface area contributed by atoms with Crippen LogP contribution < -0.4 is 0 Å². The van der Waals surface area contributed by atoms with Crippen LogP contribution in [0.5, 0.6) is 0 Å². The van der Waals surface area contributed by atoms with Crippen molar-refractivity contribution in [3.63, 3.8) is 0 Å². The molecule has 0 saturated carbocycles. The molecule has 31 valence electrons. The van der Waals surface area contributed by atoms with Gasteiger partial charge < -0.3 is 0 Å². The van der Waals surface area contributed by atoms with Crippen molar-refractivity contribution in [1.29, 1.82) is 0 Å². The molecule has 0 rings (SSSR count). The van der Waals surface area contributed by atoms with Gasteiger partial charge in [0.1, 0.15) is 0 Å². The molecule has 0 N–H and O–H groups in total. The molecule has 0 aromatic heterocycles. The van der Waals surface area contributed by atoms with Gasteiger partial charge in [0, 0.05) is 18.6 Å². The fourth-order valence-corrected chi connectivity index (χ4v) is 0. The van der Waals surface area contributed by atoms with Gasteiger partial charge in [0.25, 0.3) is 0 Å². The van der Waals surface area contributed by atoms with Crippen LogP contribution in [0.2, 0.25) is 0 Å². The summed E-state index contributed by atoms with van der Waals surface area (Å²) in [6.45, 7) is 0. The second-order valence-corrected chi connectivity index (χ2v) is 0.525. The summed E-state index contributed by atoms with van der Waals surface area (Å²) in [7, 11) is 0. The van der Waals surface area contributed by atoms with Crippen molar-refractivity contribution >= 4 is 41.1 Å². The molecule has 0 saturated heterocycles. The Kier molecular flexibility index (Phi) is 55.4. The van der Waals surface area contributed by atoms with Gasteiger partial charge >= 0.3 is 0 Å². The van der Waals surface area contributed by atoms with E-state index in [9.17, 15) is 0 Å². The van der Waals surface area contributed by atoms with Crippen molar-refractivity contribution in [2.75, 3.05) is 0 Å². The number of hydrogen-bond donors (Lipinski definition) is 0. The Labute approximate surface area is 63.3 Å². The molecule has 5 heavy (non-hydrogen) atoms. The second-order valence-electron chi connectivity index (χ2n) is 0.0583. The van der Waals surface area contributed by atoms with E-state index in [1.54, 1.807) is 0 Å². The van der Waals surface area contributed by atoms with Crippen LogP contribution in [0, 0.1) is 0 Å². The van der Waals surface area contributed by atoms with Gasteiger partial charge in [-0.3, -0.25) is 0 Å². The predicted molar refractivity (Wildman–Crippen MR) is 22.7 cm³/mol. The molecule has 0 atom stereocenters. The van der Waals surface area contributed by atoms with E-state index in [0.29, 0.717) is 0 Å². The molecule has 0 aliphatic carbocycles. The van der Waals surface area contributed by atoms with Crippen LogP contribution in [0.1, 0.15) is 0 Å². The van der Waals surface area contributed by atoms with Crippen molar-refractivity contribution in [2.45, 2.75) is 0 Å². The minimum atomic E-state index is 0. The van der Waals surface area contributed by atoms with Crippen molar-refractivity contribution in [3.8, 4) is 0 Å². The molecule has 0 heterocycles. The van der Waals surface area contributed by atoms with Gasteiger partial charge in [-0.05, 0) is 0 Å². The molecule has 1 nitrogen and oxygen atoms in total. The second kappa shape index (κ2) is 17.4. The van der Waals surface area contributed by atoms with Gasteiger partial charge in [-0.2, -0.15) is 3.84 Å². The number of hydrogen-bond acceptors (Lipinski definition) is 1. The van der Waals surface area contributed by atoms with Gasteiger partial charge in [0.05, 0.1) is 23.7 Å². The van der Waals surface area contributed by atoms with E-state index in [0.717, 1.165) is 0 Å². The van der Waals surface area contributed by atoms with Crippen molar-refractivity contribution in [3.05, 3.63) is 0 Å². The van der Waals surface area contributed by atoms with Gasteiger partial charge in [0.2, 0.25) is 0 Å². The Morgan fingerprint density at radius 3 is 1.20 bits per heavy atom. The van der Waals surface area contributed by atoms with Gasteiger partial charge in [-0.25, -0.2) is 0 Å². The summed E-state index contributed by atoms with van der Waals surface area (Å²) in [4.78, 5) is 0. The zero-order valence-corrected chi connectivity index (χ0v) is 4.52. The fraction of sp³-hybridized carbons (Fsp3) is 0. The van der Waals surface area contributed by atoms with Gasteiger partial charge in [-0.1, -0.05) is 0 Å². The maximum atomic E-state index is 4.26. The summed E-state index contributed by atoms with van der Waals surface area (Å²) >= 11 is 8.53. The van der Waals surface area contributed by atoms with Crippen LogP contribution >= 0.6 is 23.7 Å². The van der Waals surface area contributed by atoms with E-state index in [-0.39, 0.29) is 35.9 Å². The Balaban J connectivity index is -0.0000000200. The van der Waals surface area contributed by atoms with Crippen molar-refractivity contribution < 1.29 is 22.4 Å². The molecule has 0 unspecified atom stereocenters. The van der Waals surface area contributed by atoms with Crippen molar-refractivity contribution in [2.24, 2.45) is 0 Å². The van der Waals surface area contributed by atoms with Gasteiger partial charge in [-0.15, -0.1) is 0 Å². The largest absolute Gasteiger partial charge is 0.187 e. The summed E-state index contributed by atoms with van der Waals surface area (Å²) in [5, 5.41) is 0. The third-order valence-electron chi connectivity index (χ3n) is 0. The van der Waals surface area contributed by atoms with Crippen LogP contribution in [0.15, 0.2) is 0 Å². The average Bonchev–Trinajstić information content (AvgIpc) is 0.918. The van der Waals surface area contributed by atoms with Gasteiger partial charge in [0.15, 0.2) is 17.4 Å². The van der Waals surface area contributed by atoms with Crippen molar-refractivity contribution in [1.82, 2.24) is 0 Å². The van der Waals surface area contributed by atoms with E-state index in [1.807, 2.05) is 0 Å². The first-order valence-corrected chi connectivity index (χ1v) is 0.926. The first kappa shape index (κ1) is 15.9. The molecule has 1 radical (unpaired) electrons. The predicted octanol–water partition coefficient (Wildman–Crippen LogP) is 0.124. The molecule has 0 aromatic carbocycles. The summed E-state index contributed by atoms with van der Waals surface area (Å²) in [6, 6.07) is 0. The molecule has 0 fully saturated rings. The quantitative estimate of drug-likeness (QED) is 0.467. The maximum absolute atomic E-state index is 4.26. The fourth-order valence-electron chi connectivity index (χ4n) is 0. The van der Waals surface area contributed by atoms with Crippen LogP contribution in [0.4, 0.5) is 0 Å². The number of rotatable bonds is 0. The topological polar surface area (TPSA) is 9.23 Å². The minimum absolute atomic E-state index is 0. The smallest absolute Gasteiger partial charge is 0.166 e. The van der Waals surface area contributed by atoms with Crippen LogP contribution in [-0.4, -0.2) is 17.4 Å². The minimum Gasteiger partial charge on any atom is -0.166 e. The Bertz CT molecular complexity index is 9.61. The summed E-state index contributed by atoms with van der Waals surface area (Å²) in [6.07, 6.45) is 0. The molecule has 0 spiro atoms. The molecule has 0 aliphatic heterocycles. The maximum Gasteiger partial charge on any atom is 0.187 e. The SMILES string of the molecule is ClOCl.[AlH3].[V]. The average molecular weight is 168 g/mol. The molecule has 5 heteroatoms. The summed E-state index contributed by atoms with van der Waals surface area (Å²) in [5.41, 5.74) is 0. The Hall–Kier alpha value is 1.66. The van der Waals surface area contributed by atoms with E-state index in [4.69, 9.17) is 0 Å². The Morgan fingerprint density at radius 1 is 1.20 bits per heavy atom. The standard InChI is InChI=1S/Al.Cl2O.V.3H/c;1-3-2;;;;. The number of halogens is 2. The van der Waals surface area contributed by atoms with E-state index in [2.05, 4.69) is 27.6 Å². The normalized spacial score (nSPS) is 3.60. The Morgan fingerprint density at radius 2 is 1.20 bits per heavy atom. The van der Waals surface area contributed by atoms with E-state index < -0.39 is 0 Å². The van der Waals surface area contributed by atoms with Crippen LogP contribution in [0.3, 0.4) is 0 Å². The zero-order chi connectivity index (χ0) is 2.71.